The molecule has 1 aromatic carbocycles. The van der Waals surface area contributed by atoms with Crippen LogP contribution >= 0.6 is 0 Å². The zero-order valence-electron chi connectivity index (χ0n) is 17.2. The first kappa shape index (κ1) is 19.6. The highest BCUT2D eigenvalue weighted by Gasteiger charge is 2.22. The minimum absolute atomic E-state index is 0.135. The van der Waals surface area contributed by atoms with E-state index in [2.05, 4.69) is 20.9 Å². The highest BCUT2D eigenvalue weighted by molar-refractivity contribution is 5.77. The van der Waals surface area contributed by atoms with Crippen molar-refractivity contribution in [3.63, 3.8) is 0 Å². The van der Waals surface area contributed by atoms with Crippen LogP contribution in [0.1, 0.15) is 12.0 Å². The topological polar surface area (TPSA) is 82.4 Å². The molecular formula is C22H23N5O3. The minimum atomic E-state index is -0.135. The summed E-state index contributed by atoms with van der Waals surface area (Å²) in [4.78, 5) is 27.6. The van der Waals surface area contributed by atoms with Crippen molar-refractivity contribution in [1.82, 2.24) is 19.5 Å². The van der Waals surface area contributed by atoms with Gasteiger partial charge in [0.05, 0.1) is 25.6 Å². The summed E-state index contributed by atoms with van der Waals surface area (Å²) in [5.41, 5.74) is 3.08. The van der Waals surface area contributed by atoms with E-state index in [-0.39, 0.29) is 5.56 Å². The lowest BCUT2D eigenvalue weighted by Gasteiger charge is -2.30. The second-order valence-electron chi connectivity index (χ2n) is 6.91. The van der Waals surface area contributed by atoms with Crippen molar-refractivity contribution in [2.24, 2.45) is 7.05 Å². The lowest BCUT2D eigenvalue weighted by Crippen LogP contribution is -2.35. The van der Waals surface area contributed by atoms with Gasteiger partial charge in [0, 0.05) is 38.0 Å². The molecule has 0 atom stereocenters. The molecule has 3 heterocycles. The largest absolute Gasteiger partial charge is 0.493 e. The number of benzene rings is 1. The Balaban J connectivity index is 1.71. The molecule has 2 aromatic heterocycles. The molecule has 0 radical (unpaired) electrons. The smallest absolute Gasteiger partial charge is 0.255 e. The maximum Gasteiger partial charge on any atom is 0.255 e. The number of para-hydroxylation sites is 1. The molecule has 0 bridgehead atoms. The SMILES string of the molecule is COc1cccc(C2=CCCN(c3nc(-c4ccncn4)cc(=O)n3C)C2)c1OC. The molecule has 8 nitrogen and oxygen atoms in total. The summed E-state index contributed by atoms with van der Waals surface area (Å²) in [6, 6.07) is 9.08. The molecule has 0 unspecified atom stereocenters. The quantitative estimate of drug-likeness (QED) is 0.645. The van der Waals surface area contributed by atoms with Crippen LogP contribution in [0.25, 0.3) is 17.0 Å². The van der Waals surface area contributed by atoms with E-state index in [0.717, 1.165) is 24.1 Å². The van der Waals surface area contributed by atoms with Crippen molar-refractivity contribution in [2.45, 2.75) is 6.42 Å². The summed E-state index contributed by atoms with van der Waals surface area (Å²) in [5, 5.41) is 0. The van der Waals surface area contributed by atoms with Gasteiger partial charge in [0.2, 0.25) is 5.95 Å². The molecule has 0 saturated carbocycles. The van der Waals surface area contributed by atoms with Gasteiger partial charge in [-0.3, -0.25) is 9.36 Å². The van der Waals surface area contributed by atoms with E-state index in [4.69, 9.17) is 14.5 Å². The lowest BCUT2D eigenvalue weighted by molar-refractivity contribution is 0.354. The van der Waals surface area contributed by atoms with Crippen molar-refractivity contribution in [3.8, 4) is 22.9 Å². The van der Waals surface area contributed by atoms with Crippen molar-refractivity contribution in [2.75, 3.05) is 32.2 Å². The molecule has 0 N–H and O–H groups in total. The predicted octanol–water partition coefficient (Wildman–Crippen LogP) is 2.55. The second-order valence-corrected chi connectivity index (χ2v) is 6.91. The Bertz CT molecular complexity index is 1140. The van der Waals surface area contributed by atoms with Crippen LogP contribution in [0.2, 0.25) is 0 Å². The van der Waals surface area contributed by atoms with Crippen molar-refractivity contribution in [3.05, 3.63) is 64.8 Å². The van der Waals surface area contributed by atoms with Gasteiger partial charge >= 0.3 is 0 Å². The molecule has 0 aliphatic carbocycles. The highest BCUT2D eigenvalue weighted by Crippen LogP contribution is 2.37. The molecule has 154 valence electrons. The Kier molecular flexibility index (Phi) is 5.47. The standard InChI is InChI=1S/C22H23N5O3/c1-26-20(28)12-18(17-9-10-23-14-24-17)25-22(26)27-11-5-6-15(13-27)16-7-4-8-19(29-2)21(16)30-3/h4,6-10,12,14H,5,11,13H2,1-3H3. The predicted molar refractivity (Wildman–Crippen MR) is 115 cm³/mol. The minimum Gasteiger partial charge on any atom is -0.493 e. The number of methoxy groups -OCH3 is 2. The van der Waals surface area contributed by atoms with Crippen LogP contribution in [-0.4, -0.2) is 46.8 Å². The van der Waals surface area contributed by atoms with Crippen LogP contribution < -0.4 is 19.9 Å². The molecule has 3 aromatic rings. The molecular weight excluding hydrogens is 382 g/mol. The molecule has 1 aliphatic rings. The number of hydrogen-bond acceptors (Lipinski definition) is 7. The average Bonchev–Trinajstić information content (AvgIpc) is 2.80. The van der Waals surface area contributed by atoms with E-state index in [0.29, 0.717) is 35.4 Å². The van der Waals surface area contributed by atoms with Crippen LogP contribution in [0, 0.1) is 0 Å². The molecule has 0 fully saturated rings. The van der Waals surface area contributed by atoms with E-state index in [1.165, 1.54) is 12.4 Å². The number of ether oxygens (including phenoxy) is 2. The van der Waals surface area contributed by atoms with E-state index < -0.39 is 0 Å². The average molecular weight is 405 g/mol. The van der Waals surface area contributed by atoms with Gasteiger partial charge < -0.3 is 14.4 Å². The summed E-state index contributed by atoms with van der Waals surface area (Å²) in [5.74, 6) is 1.98. The molecule has 30 heavy (non-hydrogen) atoms. The van der Waals surface area contributed by atoms with Gasteiger partial charge in [-0.1, -0.05) is 18.2 Å². The number of hydrogen-bond donors (Lipinski definition) is 0. The summed E-state index contributed by atoms with van der Waals surface area (Å²) in [6.07, 6.45) is 6.10. The fourth-order valence-electron chi connectivity index (χ4n) is 3.63. The van der Waals surface area contributed by atoms with Crippen molar-refractivity contribution in [1.29, 1.82) is 0 Å². The van der Waals surface area contributed by atoms with Crippen LogP contribution in [0.4, 0.5) is 5.95 Å². The van der Waals surface area contributed by atoms with Crippen LogP contribution in [0.15, 0.2) is 53.7 Å². The van der Waals surface area contributed by atoms with Crippen LogP contribution in [0.5, 0.6) is 11.5 Å². The molecule has 1 aliphatic heterocycles. The molecule has 0 saturated heterocycles. The molecule has 0 amide bonds. The monoisotopic (exact) mass is 405 g/mol. The summed E-state index contributed by atoms with van der Waals surface area (Å²) < 4.78 is 12.6. The Morgan fingerprint density at radius 1 is 1.10 bits per heavy atom. The van der Waals surface area contributed by atoms with Crippen molar-refractivity contribution >= 4 is 11.5 Å². The zero-order chi connectivity index (χ0) is 21.1. The number of aromatic nitrogens is 4. The summed E-state index contributed by atoms with van der Waals surface area (Å²) >= 11 is 0. The van der Waals surface area contributed by atoms with Gasteiger partial charge in [0.1, 0.15) is 6.33 Å². The Hall–Kier alpha value is -3.68. The van der Waals surface area contributed by atoms with Crippen molar-refractivity contribution < 1.29 is 9.47 Å². The van der Waals surface area contributed by atoms with Crippen LogP contribution in [-0.2, 0) is 7.05 Å². The third-order valence-corrected chi connectivity index (χ3v) is 5.14. The second kappa shape index (κ2) is 8.36. The number of rotatable bonds is 5. The summed E-state index contributed by atoms with van der Waals surface area (Å²) in [7, 11) is 5.00. The van der Waals surface area contributed by atoms with Gasteiger partial charge in [0.25, 0.3) is 5.56 Å². The number of nitrogens with zero attached hydrogens (tertiary/aromatic N) is 5. The van der Waals surface area contributed by atoms with Crippen LogP contribution in [0.3, 0.4) is 0 Å². The lowest BCUT2D eigenvalue weighted by atomic mass is 10.00. The van der Waals surface area contributed by atoms with Gasteiger partial charge in [-0.25, -0.2) is 15.0 Å². The first-order valence-corrected chi connectivity index (χ1v) is 9.62. The number of anilines is 1. The Labute approximate surface area is 174 Å². The van der Waals surface area contributed by atoms with E-state index in [9.17, 15) is 4.79 Å². The zero-order valence-corrected chi connectivity index (χ0v) is 17.2. The normalized spacial score (nSPS) is 13.7. The maximum absolute atomic E-state index is 12.6. The summed E-state index contributed by atoms with van der Waals surface area (Å²) in [6.45, 7) is 1.35. The molecule has 4 rings (SSSR count). The maximum atomic E-state index is 12.6. The van der Waals surface area contributed by atoms with Gasteiger partial charge in [-0.15, -0.1) is 0 Å². The van der Waals surface area contributed by atoms with Gasteiger partial charge in [-0.2, -0.15) is 0 Å². The van der Waals surface area contributed by atoms with E-state index in [1.54, 1.807) is 38.1 Å². The van der Waals surface area contributed by atoms with E-state index in [1.807, 2.05) is 18.2 Å². The van der Waals surface area contributed by atoms with Gasteiger partial charge in [0.15, 0.2) is 11.5 Å². The Morgan fingerprint density at radius 3 is 2.70 bits per heavy atom. The third-order valence-electron chi connectivity index (χ3n) is 5.14. The highest BCUT2D eigenvalue weighted by atomic mass is 16.5. The Morgan fingerprint density at radius 2 is 1.97 bits per heavy atom. The first-order valence-electron chi connectivity index (χ1n) is 9.62. The fraction of sp³-hybridized carbons (Fsp3) is 0.273. The van der Waals surface area contributed by atoms with Gasteiger partial charge in [-0.05, 0) is 24.1 Å². The molecule has 0 spiro atoms. The third kappa shape index (κ3) is 3.63. The van der Waals surface area contributed by atoms with E-state index >= 15 is 0 Å². The fourth-order valence-corrected chi connectivity index (χ4v) is 3.63. The first-order chi connectivity index (χ1) is 14.6. The molecule has 8 heteroatoms.